The van der Waals surface area contributed by atoms with Gasteiger partial charge in [0.15, 0.2) is 0 Å². The molecule has 0 aromatic heterocycles. The summed E-state index contributed by atoms with van der Waals surface area (Å²) in [5, 5.41) is 3.20. The third-order valence-corrected chi connectivity index (χ3v) is 7.50. The van der Waals surface area contributed by atoms with Crippen molar-refractivity contribution in [1.82, 2.24) is 9.62 Å². The van der Waals surface area contributed by atoms with Gasteiger partial charge in [-0.25, -0.2) is 12.7 Å². The molecule has 164 valence electrons. The Morgan fingerprint density at radius 1 is 0.969 bits per heavy atom. The van der Waals surface area contributed by atoms with Crippen LogP contribution in [0.1, 0.15) is 33.9 Å². The molecule has 0 unspecified atom stereocenters. The fraction of sp³-hybridized carbons (Fsp3) is 0.167. The van der Waals surface area contributed by atoms with E-state index in [1.807, 2.05) is 6.92 Å². The molecule has 0 saturated carbocycles. The Morgan fingerprint density at radius 3 is 2.22 bits per heavy atom. The Kier molecular flexibility index (Phi) is 6.04. The number of hydrogen-bond acceptors (Lipinski definition) is 4. The molecule has 0 radical (unpaired) electrons. The Labute approximate surface area is 191 Å². The molecule has 8 heteroatoms. The summed E-state index contributed by atoms with van der Waals surface area (Å²) in [6.07, 6.45) is 0.115. The van der Waals surface area contributed by atoms with Crippen molar-refractivity contribution in [3.8, 4) is 0 Å². The second kappa shape index (κ2) is 8.76. The molecular formula is C24H21ClN2O4S. The van der Waals surface area contributed by atoms with Crippen LogP contribution in [0.3, 0.4) is 0 Å². The summed E-state index contributed by atoms with van der Waals surface area (Å²) in [4.78, 5) is 26.0. The fourth-order valence-electron chi connectivity index (χ4n) is 3.74. The summed E-state index contributed by atoms with van der Waals surface area (Å²) >= 11 is 5.99. The molecule has 0 bridgehead atoms. The lowest BCUT2D eigenvalue weighted by atomic mass is 10.0. The molecule has 4 rings (SSSR count). The van der Waals surface area contributed by atoms with Gasteiger partial charge in [0.25, 0.3) is 21.8 Å². The average Bonchev–Trinajstić information content (AvgIpc) is 3.11. The molecule has 1 N–H and O–H groups in total. The Morgan fingerprint density at radius 2 is 1.59 bits per heavy atom. The Balaban J connectivity index is 1.71. The maximum absolute atomic E-state index is 13.5. The first-order chi connectivity index (χ1) is 15.3. The van der Waals surface area contributed by atoms with Crippen molar-refractivity contribution in [3.05, 3.63) is 101 Å². The van der Waals surface area contributed by atoms with Crippen molar-refractivity contribution in [2.75, 3.05) is 0 Å². The van der Waals surface area contributed by atoms with E-state index in [9.17, 15) is 18.0 Å². The molecule has 32 heavy (non-hydrogen) atoms. The lowest BCUT2D eigenvalue weighted by Crippen LogP contribution is -2.43. The highest BCUT2D eigenvalue weighted by molar-refractivity contribution is 7.89. The summed E-state index contributed by atoms with van der Waals surface area (Å²) in [6, 6.07) is 19.7. The molecule has 2 amide bonds. The quantitative estimate of drug-likeness (QED) is 0.610. The van der Waals surface area contributed by atoms with Gasteiger partial charge < -0.3 is 5.32 Å². The number of rotatable bonds is 5. The molecule has 1 saturated heterocycles. The van der Waals surface area contributed by atoms with E-state index in [0.29, 0.717) is 16.1 Å². The molecule has 1 aliphatic heterocycles. The van der Waals surface area contributed by atoms with Crippen molar-refractivity contribution >= 4 is 33.4 Å². The predicted octanol–water partition coefficient (Wildman–Crippen LogP) is 4.11. The molecule has 1 aliphatic rings. The van der Waals surface area contributed by atoms with Gasteiger partial charge in [-0.3, -0.25) is 9.59 Å². The number of aryl methyl sites for hydroxylation is 1. The van der Waals surface area contributed by atoms with Crippen LogP contribution in [-0.4, -0.2) is 30.6 Å². The van der Waals surface area contributed by atoms with Crippen LogP contribution in [0.4, 0.5) is 0 Å². The van der Waals surface area contributed by atoms with Gasteiger partial charge in [0.2, 0.25) is 0 Å². The number of nitrogens with zero attached hydrogens (tertiary/aromatic N) is 1. The second-order valence-electron chi connectivity index (χ2n) is 7.65. The molecule has 1 fully saturated rings. The van der Waals surface area contributed by atoms with E-state index in [0.717, 1.165) is 9.87 Å². The lowest BCUT2D eigenvalue weighted by Gasteiger charge is -2.24. The van der Waals surface area contributed by atoms with Crippen LogP contribution in [0.2, 0.25) is 5.02 Å². The Hall–Kier alpha value is -3.16. The molecule has 0 aliphatic carbocycles. The van der Waals surface area contributed by atoms with E-state index in [1.54, 1.807) is 66.7 Å². The largest absolute Gasteiger partial charge is 0.340 e. The summed E-state index contributed by atoms with van der Waals surface area (Å²) in [5.74, 6) is -1.11. The zero-order valence-corrected chi connectivity index (χ0v) is 18.8. The van der Waals surface area contributed by atoms with Gasteiger partial charge >= 0.3 is 0 Å². The minimum Gasteiger partial charge on any atom is -0.340 e. The van der Waals surface area contributed by atoms with E-state index in [-0.39, 0.29) is 11.3 Å². The van der Waals surface area contributed by atoms with E-state index in [1.165, 1.54) is 12.1 Å². The van der Waals surface area contributed by atoms with Crippen molar-refractivity contribution in [1.29, 1.82) is 0 Å². The normalized spacial score (nSPS) is 18.6. The van der Waals surface area contributed by atoms with Crippen LogP contribution in [0.15, 0.2) is 83.8 Å². The number of nitrogens with one attached hydrogen (secondary N) is 1. The van der Waals surface area contributed by atoms with Gasteiger partial charge in [-0.05, 0) is 48.9 Å². The molecule has 1 heterocycles. The molecule has 3 aromatic carbocycles. The van der Waals surface area contributed by atoms with Crippen molar-refractivity contribution in [2.45, 2.75) is 30.3 Å². The molecular weight excluding hydrogens is 448 g/mol. The zero-order chi connectivity index (χ0) is 22.9. The monoisotopic (exact) mass is 468 g/mol. The van der Waals surface area contributed by atoms with Gasteiger partial charge in [-0.2, -0.15) is 0 Å². The standard InChI is InChI=1S/C24H21ClN2O4S/c1-16-7-13-20(14-8-16)32(30,31)27-22(17-9-11-19(25)12-10-17)15-21(24(27)29)26-23(28)18-5-3-2-4-6-18/h2-14,21-22H,15H2,1H3,(H,26,28)/t21-,22-/m0/s1. The van der Waals surface area contributed by atoms with E-state index >= 15 is 0 Å². The predicted molar refractivity (Wildman–Crippen MR) is 122 cm³/mol. The van der Waals surface area contributed by atoms with E-state index in [2.05, 4.69) is 5.32 Å². The number of benzene rings is 3. The highest BCUT2D eigenvalue weighted by Gasteiger charge is 2.47. The molecule has 0 spiro atoms. The second-order valence-corrected chi connectivity index (χ2v) is 9.90. The first kappa shape index (κ1) is 22.0. The molecule has 2 atom stereocenters. The number of amides is 2. The number of sulfonamides is 1. The number of carbonyl (C=O) groups is 2. The highest BCUT2D eigenvalue weighted by atomic mass is 35.5. The van der Waals surface area contributed by atoms with Crippen LogP contribution >= 0.6 is 11.6 Å². The number of hydrogen-bond donors (Lipinski definition) is 1. The first-order valence-corrected chi connectivity index (χ1v) is 11.9. The topological polar surface area (TPSA) is 83.6 Å². The fourth-order valence-corrected chi connectivity index (χ4v) is 5.49. The smallest absolute Gasteiger partial charge is 0.267 e. The third-order valence-electron chi connectivity index (χ3n) is 5.43. The van der Waals surface area contributed by atoms with Gasteiger partial charge in [-0.15, -0.1) is 0 Å². The van der Waals surface area contributed by atoms with Crippen LogP contribution < -0.4 is 5.32 Å². The van der Waals surface area contributed by atoms with Gasteiger partial charge in [0.1, 0.15) is 6.04 Å². The number of carbonyl (C=O) groups excluding carboxylic acids is 2. The lowest BCUT2D eigenvalue weighted by molar-refractivity contribution is -0.126. The summed E-state index contributed by atoms with van der Waals surface area (Å²) in [7, 11) is -4.15. The van der Waals surface area contributed by atoms with Crippen LogP contribution in [0, 0.1) is 6.92 Å². The maximum atomic E-state index is 13.5. The molecule has 3 aromatic rings. The first-order valence-electron chi connectivity index (χ1n) is 10.0. The van der Waals surface area contributed by atoms with Crippen LogP contribution in [-0.2, 0) is 14.8 Å². The Bertz CT molecular complexity index is 1240. The summed E-state index contributed by atoms with van der Waals surface area (Å²) in [5.41, 5.74) is 1.91. The summed E-state index contributed by atoms with van der Waals surface area (Å²) in [6.45, 7) is 1.85. The zero-order valence-electron chi connectivity index (χ0n) is 17.2. The SMILES string of the molecule is Cc1ccc(S(=O)(=O)N2C(=O)[C@@H](NC(=O)c3ccccc3)C[C@H]2c2ccc(Cl)cc2)cc1. The van der Waals surface area contributed by atoms with Crippen molar-refractivity contribution in [3.63, 3.8) is 0 Å². The number of halogens is 1. The van der Waals surface area contributed by atoms with Crippen LogP contribution in [0.25, 0.3) is 0 Å². The molecule has 6 nitrogen and oxygen atoms in total. The van der Waals surface area contributed by atoms with Crippen LogP contribution in [0.5, 0.6) is 0 Å². The average molecular weight is 469 g/mol. The van der Waals surface area contributed by atoms with Gasteiger partial charge in [0.05, 0.1) is 10.9 Å². The third kappa shape index (κ3) is 4.26. The van der Waals surface area contributed by atoms with E-state index in [4.69, 9.17) is 11.6 Å². The highest BCUT2D eigenvalue weighted by Crippen LogP contribution is 2.38. The summed E-state index contributed by atoms with van der Waals surface area (Å²) < 4.78 is 27.8. The van der Waals surface area contributed by atoms with Gasteiger partial charge in [-0.1, -0.05) is 59.6 Å². The van der Waals surface area contributed by atoms with E-state index < -0.39 is 33.9 Å². The minimum atomic E-state index is -4.15. The maximum Gasteiger partial charge on any atom is 0.267 e. The van der Waals surface area contributed by atoms with Crippen molar-refractivity contribution in [2.24, 2.45) is 0 Å². The van der Waals surface area contributed by atoms with Crippen molar-refractivity contribution < 1.29 is 18.0 Å². The minimum absolute atomic E-state index is 0.0189. The van der Waals surface area contributed by atoms with Gasteiger partial charge in [0, 0.05) is 17.0 Å².